The summed E-state index contributed by atoms with van der Waals surface area (Å²) in [5.41, 5.74) is 2.29. The molecule has 3 rings (SSSR count). The molecule has 0 N–H and O–H groups in total. The van der Waals surface area contributed by atoms with Crippen molar-refractivity contribution >= 4 is 23.4 Å². The van der Waals surface area contributed by atoms with E-state index in [9.17, 15) is 0 Å². The fourth-order valence-electron chi connectivity index (χ4n) is 2.01. The molecule has 0 bridgehead atoms. The highest BCUT2D eigenvalue weighted by atomic mass is 35.5. The van der Waals surface area contributed by atoms with Gasteiger partial charge in [0.25, 0.3) is 0 Å². The van der Waals surface area contributed by atoms with Gasteiger partial charge >= 0.3 is 0 Å². The quantitative estimate of drug-likeness (QED) is 0.667. The molecule has 0 aliphatic rings. The van der Waals surface area contributed by atoms with E-state index in [1.165, 1.54) is 5.56 Å². The third kappa shape index (κ3) is 3.28. The minimum absolute atomic E-state index is 0.722. The van der Waals surface area contributed by atoms with Crippen LogP contribution in [0.2, 0.25) is 5.02 Å². The fraction of sp³-hybridized carbons (Fsp3) is 0.125. The van der Waals surface area contributed by atoms with Crippen molar-refractivity contribution < 1.29 is 0 Å². The summed E-state index contributed by atoms with van der Waals surface area (Å²) in [5.74, 6) is 1.73. The van der Waals surface area contributed by atoms with Crippen molar-refractivity contribution in [1.82, 2.24) is 14.8 Å². The number of hydrogen-bond acceptors (Lipinski definition) is 3. The Labute approximate surface area is 133 Å². The Morgan fingerprint density at radius 1 is 1.00 bits per heavy atom. The van der Waals surface area contributed by atoms with Gasteiger partial charge in [0.15, 0.2) is 11.0 Å². The predicted octanol–water partition coefficient (Wildman–Crippen LogP) is 4.43. The first-order valence-electron chi connectivity index (χ1n) is 6.56. The van der Waals surface area contributed by atoms with Crippen LogP contribution in [0.4, 0.5) is 0 Å². The summed E-state index contributed by atoms with van der Waals surface area (Å²) in [6.45, 7) is 0. The highest BCUT2D eigenvalue weighted by Gasteiger charge is 2.11. The van der Waals surface area contributed by atoms with Crippen LogP contribution in [0.3, 0.4) is 0 Å². The minimum atomic E-state index is 0.722. The Balaban J connectivity index is 1.78. The lowest BCUT2D eigenvalue weighted by Gasteiger charge is -2.04. The summed E-state index contributed by atoms with van der Waals surface area (Å²) in [5, 5.41) is 10.2. The summed E-state index contributed by atoms with van der Waals surface area (Å²) < 4.78 is 2.01. The van der Waals surface area contributed by atoms with Gasteiger partial charge in [0.1, 0.15) is 0 Å². The molecule has 0 atom stereocenters. The number of thioether (sulfide) groups is 1. The molecule has 5 heteroatoms. The van der Waals surface area contributed by atoms with E-state index in [1.807, 2.05) is 54.1 Å². The van der Waals surface area contributed by atoms with E-state index in [-0.39, 0.29) is 0 Å². The number of hydrogen-bond donors (Lipinski definition) is 0. The molecule has 1 aromatic heterocycles. The normalized spacial score (nSPS) is 10.8. The van der Waals surface area contributed by atoms with Crippen molar-refractivity contribution in [1.29, 1.82) is 0 Å². The number of benzene rings is 2. The summed E-state index contributed by atoms with van der Waals surface area (Å²) in [7, 11) is 1.98. The van der Waals surface area contributed by atoms with Crippen molar-refractivity contribution in [3.63, 3.8) is 0 Å². The summed E-state index contributed by atoms with van der Waals surface area (Å²) in [4.78, 5) is 0. The van der Waals surface area contributed by atoms with Gasteiger partial charge in [0.05, 0.1) is 0 Å². The van der Waals surface area contributed by atoms with Gasteiger partial charge in [-0.3, -0.25) is 0 Å². The molecular weight excluding hydrogens is 302 g/mol. The van der Waals surface area contributed by atoms with E-state index in [0.29, 0.717) is 0 Å². The smallest absolute Gasteiger partial charge is 0.191 e. The van der Waals surface area contributed by atoms with Gasteiger partial charge in [-0.1, -0.05) is 53.7 Å². The Morgan fingerprint density at radius 3 is 2.43 bits per heavy atom. The number of rotatable bonds is 4. The average Bonchev–Trinajstić information content (AvgIpc) is 2.88. The van der Waals surface area contributed by atoms with Crippen LogP contribution in [0.1, 0.15) is 5.56 Å². The van der Waals surface area contributed by atoms with Crippen molar-refractivity contribution in [2.24, 2.45) is 7.05 Å². The Bertz CT molecular complexity index is 723. The molecule has 0 fully saturated rings. The molecule has 106 valence electrons. The van der Waals surface area contributed by atoms with Gasteiger partial charge in [-0.15, -0.1) is 10.2 Å². The average molecular weight is 316 g/mol. The highest BCUT2D eigenvalue weighted by molar-refractivity contribution is 7.98. The van der Waals surface area contributed by atoms with Crippen LogP contribution in [-0.4, -0.2) is 14.8 Å². The maximum absolute atomic E-state index is 5.91. The number of halogens is 1. The lowest BCUT2D eigenvalue weighted by Crippen LogP contribution is -1.95. The van der Waals surface area contributed by atoms with Crippen LogP contribution in [0.25, 0.3) is 11.4 Å². The number of aromatic nitrogens is 3. The largest absolute Gasteiger partial charge is 0.305 e. The van der Waals surface area contributed by atoms with E-state index in [4.69, 9.17) is 11.6 Å². The Morgan fingerprint density at radius 2 is 1.71 bits per heavy atom. The first-order chi connectivity index (χ1) is 10.2. The van der Waals surface area contributed by atoms with Crippen LogP contribution in [-0.2, 0) is 12.8 Å². The zero-order chi connectivity index (χ0) is 14.7. The first kappa shape index (κ1) is 14.2. The summed E-state index contributed by atoms with van der Waals surface area (Å²) in [6.07, 6.45) is 0. The van der Waals surface area contributed by atoms with Crippen LogP contribution in [0, 0.1) is 0 Å². The van der Waals surface area contributed by atoms with Crippen LogP contribution in [0.15, 0.2) is 59.8 Å². The Kier molecular flexibility index (Phi) is 4.27. The molecular formula is C16H14ClN3S. The second-order valence-corrected chi connectivity index (χ2v) is 6.03. The highest BCUT2D eigenvalue weighted by Crippen LogP contribution is 2.25. The van der Waals surface area contributed by atoms with E-state index in [2.05, 4.69) is 22.3 Å². The van der Waals surface area contributed by atoms with Gasteiger partial charge in [0, 0.05) is 23.4 Å². The predicted molar refractivity (Wildman–Crippen MR) is 87.5 cm³/mol. The zero-order valence-electron chi connectivity index (χ0n) is 11.5. The number of nitrogens with zero attached hydrogens (tertiary/aromatic N) is 3. The molecule has 0 unspecified atom stereocenters. The van der Waals surface area contributed by atoms with E-state index >= 15 is 0 Å². The second kappa shape index (κ2) is 6.33. The van der Waals surface area contributed by atoms with Gasteiger partial charge in [0.2, 0.25) is 0 Å². The third-order valence-electron chi connectivity index (χ3n) is 3.15. The van der Waals surface area contributed by atoms with E-state index in [1.54, 1.807) is 11.8 Å². The van der Waals surface area contributed by atoms with Gasteiger partial charge in [-0.05, 0) is 29.8 Å². The molecule has 0 aliphatic carbocycles. The molecule has 2 aromatic carbocycles. The van der Waals surface area contributed by atoms with E-state index in [0.717, 1.165) is 27.3 Å². The van der Waals surface area contributed by atoms with Crippen molar-refractivity contribution in [3.8, 4) is 11.4 Å². The molecule has 3 aromatic rings. The van der Waals surface area contributed by atoms with Crippen molar-refractivity contribution in [2.45, 2.75) is 10.9 Å². The Hall–Kier alpha value is -1.78. The molecule has 0 spiro atoms. The maximum atomic E-state index is 5.91. The van der Waals surface area contributed by atoms with Crippen LogP contribution < -0.4 is 0 Å². The standard InChI is InChI=1S/C16H14ClN3S/c1-20-15(13-7-9-14(17)10-8-13)18-19-16(20)21-11-12-5-3-2-4-6-12/h2-10H,11H2,1H3. The van der Waals surface area contributed by atoms with Crippen LogP contribution >= 0.6 is 23.4 Å². The lowest BCUT2D eigenvalue weighted by molar-refractivity contribution is 0.794. The topological polar surface area (TPSA) is 30.7 Å². The zero-order valence-corrected chi connectivity index (χ0v) is 13.1. The minimum Gasteiger partial charge on any atom is -0.305 e. The molecule has 1 heterocycles. The van der Waals surface area contributed by atoms with Crippen molar-refractivity contribution in [3.05, 3.63) is 65.2 Å². The SMILES string of the molecule is Cn1c(SCc2ccccc2)nnc1-c1ccc(Cl)cc1. The fourth-order valence-corrected chi connectivity index (χ4v) is 3.01. The maximum Gasteiger partial charge on any atom is 0.191 e. The van der Waals surface area contributed by atoms with Gasteiger partial charge < -0.3 is 4.57 Å². The van der Waals surface area contributed by atoms with E-state index < -0.39 is 0 Å². The third-order valence-corrected chi connectivity index (χ3v) is 4.49. The van der Waals surface area contributed by atoms with Crippen molar-refractivity contribution in [2.75, 3.05) is 0 Å². The summed E-state index contributed by atoms with van der Waals surface area (Å²) in [6, 6.07) is 18.0. The van der Waals surface area contributed by atoms with Gasteiger partial charge in [-0.2, -0.15) is 0 Å². The molecule has 0 aliphatic heterocycles. The first-order valence-corrected chi connectivity index (χ1v) is 7.92. The molecule has 0 saturated heterocycles. The second-order valence-electron chi connectivity index (χ2n) is 4.65. The molecule has 0 saturated carbocycles. The molecule has 0 radical (unpaired) electrons. The molecule has 3 nitrogen and oxygen atoms in total. The molecule has 21 heavy (non-hydrogen) atoms. The monoisotopic (exact) mass is 315 g/mol. The summed E-state index contributed by atoms with van der Waals surface area (Å²) >= 11 is 7.60. The van der Waals surface area contributed by atoms with Crippen LogP contribution in [0.5, 0.6) is 0 Å². The molecule has 0 amide bonds. The lowest BCUT2D eigenvalue weighted by atomic mass is 10.2. The van der Waals surface area contributed by atoms with Gasteiger partial charge in [-0.25, -0.2) is 0 Å².